The summed E-state index contributed by atoms with van der Waals surface area (Å²) < 4.78 is 25.3. The number of nitrogens with zero attached hydrogens (tertiary/aromatic N) is 1. The van der Waals surface area contributed by atoms with Gasteiger partial charge in [0, 0.05) is 13.1 Å². The monoisotopic (exact) mass is 266 g/mol. The van der Waals surface area contributed by atoms with Crippen LogP contribution in [0.5, 0.6) is 0 Å². The van der Waals surface area contributed by atoms with Crippen molar-refractivity contribution in [2.45, 2.75) is 38.4 Å². The molecule has 18 heavy (non-hydrogen) atoms. The van der Waals surface area contributed by atoms with Gasteiger partial charge in [0.05, 0.1) is 24.7 Å². The number of hydrogen-bond donors (Lipinski definition) is 3. The van der Waals surface area contributed by atoms with E-state index >= 15 is 0 Å². The number of carbonyl (C=O) groups excluding carboxylic acids is 1. The number of halogens is 2. The summed E-state index contributed by atoms with van der Waals surface area (Å²) in [4.78, 5) is 12.8. The molecule has 0 aromatic heterocycles. The minimum atomic E-state index is -2.76. The van der Waals surface area contributed by atoms with Gasteiger partial charge >= 0.3 is 6.03 Å². The summed E-state index contributed by atoms with van der Waals surface area (Å²) in [5.74, 6) is -1.40. The second-order valence-corrected chi connectivity index (χ2v) is 4.55. The first kappa shape index (κ1) is 15.1. The lowest BCUT2D eigenvalue weighted by molar-refractivity contribution is -0.107. The zero-order chi connectivity index (χ0) is 13.7. The van der Waals surface area contributed by atoms with E-state index in [9.17, 15) is 23.8 Å². The normalized spacial score (nSPS) is 28.6. The zero-order valence-electron chi connectivity index (χ0n) is 10.4. The molecule has 1 saturated heterocycles. The van der Waals surface area contributed by atoms with Crippen LogP contribution in [0.4, 0.5) is 13.6 Å². The van der Waals surface area contributed by atoms with Crippen LogP contribution in [0.15, 0.2) is 0 Å². The molecule has 0 spiro atoms. The third-order valence-electron chi connectivity index (χ3n) is 3.09. The standard InChI is InChI=1S/C11H20F2N2O3/c1-2-3-4-14-11(18)15-5-7(10(12)13)9(17)8(16)6-15/h7-10,16-17H,2-6H2,1H3,(H,14,18)/t7?,8-,9-/m1/s1. The Balaban J connectivity index is 2.53. The molecule has 5 nitrogen and oxygen atoms in total. The van der Waals surface area contributed by atoms with Crippen molar-refractivity contribution >= 4 is 6.03 Å². The molecular formula is C11H20F2N2O3. The predicted octanol–water partition coefficient (Wildman–Crippen LogP) is 0.415. The van der Waals surface area contributed by atoms with Gasteiger partial charge < -0.3 is 20.4 Å². The largest absolute Gasteiger partial charge is 0.390 e. The fraction of sp³-hybridized carbons (Fsp3) is 0.909. The van der Waals surface area contributed by atoms with E-state index in [0.717, 1.165) is 17.7 Å². The lowest BCUT2D eigenvalue weighted by Crippen LogP contribution is -2.58. The number of urea groups is 1. The van der Waals surface area contributed by atoms with Crippen molar-refractivity contribution in [2.75, 3.05) is 19.6 Å². The number of likely N-dealkylation sites (tertiary alicyclic amines) is 1. The van der Waals surface area contributed by atoms with Crippen molar-refractivity contribution in [2.24, 2.45) is 5.92 Å². The molecule has 3 atom stereocenters. The molecule has 0 aromatic rings. The lowest BCUT2D eigenvalue weighted by Gasteiger charge is -2.38. The first-order valence-corrected chi connectivity index (χ1v) is 6.14. The number of hydrogen-bond acceptors (Lipinski definition) is 3. The molecule has 0 radical (unpaired) electrons. The second-order valence-electron chi connectivity index (χ2n) is 4.55. The third-order valence-corrected chi connectivity index (χ3v) is 3.09. The molecule has 1 heterocycles. The maximum atomic E-state index is 12.7. The van der Waals surface area contributed by atoms with Crippen molar-refractivity contribution in [3.8, 4) is 0 Å². The Morgan fingerprint density at radius 3 is 2.67 bits per heavy atom. The Labute approximate surface area is 105 Å². The number of rotatable bonds is 4. The van der Waals surface area contributed by atoms with Gasteiger partial charge in [-0.25, -0.2) is 13.6 Å². The molecule has 0 aromatic carbocycles. The number of carbonyl (C=O) groups is 1. The number of alkyl halides is 2. The van der Waals surface area contributed by atoms with Gasteiger partial charge in [-0.1, -0.05) is 13.3 Å². The van der Waals surface area contributed by atoms with Gasteiger partial charge in [0.2, 0.25) is 6.43 Å². The molecule has 2 amide bonds. The average Bonchev–Trinajstić information content (AvgIpc) is 2.32. The first-order valence-electron chi connectivity index (χ1n) is 6.14. The van der Waals surface area contributed by atoms with Gasteiger partial charge in [-0.05, 0) is 6.42 Å². The van der Waals surface area contributed by atoms with Crippen molar-refractivity contribution in [1.29, 1.82) is 0 Å². The van der Waals surface area contributed by atoms with Gasteiger partial charge in [-0.2, -0.15) is 0 Å². The zero-order valence-corrected chi connectivity index (χ0v) is 10.4. The first-order chi connectivity index (χ1) is 8.47. The van der Waals surface area contributed by atoms with E-state index < -0.39 is 30.6 Å². The van der Waals surface area contributed by atoms with Crippen LogP contribution in [-0.4, -0.2) is 59.4 Å². The van der Waals surface area contributed by atoms with Crippen molar-refractivity contribution in [3.05, 3.63) is 0 Å². The van der Waals surface area contributed by atoms with E-state index in [2.05, 4.69) is 5.32 Å². The van der Waals surface area contributed by atoms with Crippen LogP contribution in [0.3, 0.4) is 0 Å². The number of nitrogens with one attached hydrogen (secondary N) is 1. The van der Waals surface area contributed by atoms with Crippen LogP contribution in [0.25, 0.3) is 0 Å². The summed E-state index contributed by atoms with van der Waals surface area (Å²) in [6.45, 7) is 2.08. The average molecular weight is 266 g/mol. The molecule has 7 heteroatoms. The van der Waals surface area contributed by atoms with Crippen LogP contribution < -0.4 is 5.32 Å². The highest BCUT2D eigenvalue weighted by Crippen LogP contribution is 2.23. The van der Waals surface area contributed by atoms with Crippen LogP contribution in [0.2, 0.25) is 0 Å². The lowest BCUT2D eigenvalue weighted by atomic mass is 9.93. The molecule has 1 fully saturated rings. The molecule has 1 aliphatic heterocycles. The molecule has 0 aliphatic carbocycles. The summed E-state index contributed by atoms with van der Waals surface area (Å²) in [5.41, 5.74) is 0. The number of piperidine rings is 1. The van der Waals surface area contributed by atoms with Gasteiger partial charge in [0.1, 0.15) is 0 Å². The Morgan fingerprint density at radius 1 is 1.44 bits per heavy atom. The van der Waals surface area contributed by atoms with E-state index in [4.69, 9.17) is 0 Å². The molecule has 3 N–H and O–H groups in total. The summed E-state index contributed by atoms with van der Waals surface area (Å²) >= 11 is 0. The minimum Gasteiger partial charge on any atom is -0.390 e. The van der Waals surface area contributed by atoms with Crippen molar-refractivity contribution in [3.63, 3.8) is 0 Å². The Bertz CT molecular complexity index is 279. The Hall–Kier alpha value is -0.950. The summed E-state index contributed by atoms with van der Waals surface area (Å²) in [6, 6.07) is -0.472. The van der Waals surface area contributed by atoms with Gasteiger partial charge in [-0.15, -0.1) is 0 Å². The van der Waals surface area contributed by atoms with E-state index in [1.54, 1.807) is 0 Å². The number of amides is 2. The number of unbranched alkanes of at least 4 members (excludes halogenated alkanes) is 1. The van der Waals surface area contributed by atoms with Gasteiger partial charge in [0.25, 0.3) is 0 Å². The maximum absolute atomic E-state index is 12.7. The molecule has 1 aliphatic rings. The van der Waals surface area contributed by atoms with Crippen molar-refractivity contribution in [1.82, 2.24) is 10.2 Å². The fourth-order valence-electron chi connectivity index (χ4n) is 1.93. The highest BCUT2D eigenvalue weighted by atomic mass is 19.3. The number of aliphatic hydroxyl groups excluding tert-OH is 2. The number of aliphatic hydroxyl groups is 2. The summed E-state index contributed by atoms with van der Waals surface area (Å²) in [5, 5.41) is 21.5. The van der Waals surface area contributed by atoms with E-state index in [1.165, 1.54) is 0 Å². The van der Waals surface area contributed by atoms with E-state index in [-0.39, 0.29) is 13.1 Å². The highest BCUT2D eigenvalue weighted by Gasteiger charge is 2.41. The Morgan fingerprint density at radius 2 is 2.11 bits per heavy atom. The predicted molar refractivity (Wildman–Crippen MR) is 61.4 cm³/mol. The fourth-order valence-corrected chi connectivity index (χ4v) is 1.93. The maximum Gasteiger partial charge on any atom is 0.317 e. The molecule has 1 unspecified atom stereocenters. The smallest absolute Gasteiger partial charge is 0.317 e. The van der Waals surface area contributed by atoms with Gasteiger partial charge in [0.15, 0.2) is 0 Å². The SMILES string of the molecule is CCCCNC(=O)N1CC(C(F)F)[C@@H](O)[C@H](O)C1. The number of β-amino-alcohol motifs (C(OH)–C–C–N with tert-alkyl or cyclic N) is 1. The topological polar surface area (TPSA) is 72.8 Å². The van der Waals surface area contributed by atoms with Gasteiger partial charge in [-0.3, -0.25) is 0 Å². The van der Waals surface area contributed by atoms with Crippen LogP contribution in [0, 0.1) is 5.92 Å². The molecule has 1 rings (SSSR count). The Kier molecular flexibility index (Phi) is 5.74. The molecular weight excluding hydrogens is 246 g/mol. The van der Waals surface area contributed by atoms with E-state index in [0.29, 0.717) is 6.54 Å². The molecule has 0 bridgehead atoms. The van der Waals surface area contributed by atoms with Crippen LogP contribution in [0.1, 0.15) is 19.8 Å². The summed E-state index contributed by atoms with van der Waals surface area (Å²) in [7, 11) is 0. The highest BCUT2D eigenvalue weighted by molar-refractivity contribution is 5.74. The third kappa shape index (κ3) is 3.78. The molecule has 0 saturated carbocycles. The van der Waals surface area contributed by atoms with Crippen molar-refractivity contribution < 1.29 is 23.8 Å². The van der Waals surface area contributed by atoms with Crippen LogP contribution in [-0.2, 0) is 0 Å². The molecule has 106 valence electrons. The minimum absolute atomic E-state index is 0.123. The second kappa shape index (κ2) is 6.84. The quantitative estimate of drug-likeness (QED) is 0.645. The summed E-state index contributed by atoms with van der Waals surface area (Å²) in [6.07, 6.45) is -3.84. The van der Waals surface area contributed by atoms with Crippen LogP contribution >= 0.6 is 0 Å². The van der Waals surface area contributed by atoms with E-state index in [1.807, 2.05) is 6.92 Å².